The lowest BCUT2D eigenvalue weighted by atomic mass is 10.2. The lowest BCUT2D eigenvalue weighted by Gasteiger charge is -2.16. The molecular weight excluding hydrogens is 288 g/mol. The van der Waals surface area contributed by atoms with Gasteiger partial charge in [0.15, 0.2) is 6.20 Å². The fourth-order valence-electron chi connectivity index (χ4n) is 2.05. The molecule has 2 aromatic carbocycles. The largest absolute Gasteiger partial charge is 0.404 e. The van der Waals surface area contributed by atoms with Crippen LogP contribution < -0.4 is 4.68 Å². The first-order valence-electron chi connectivity index (χ1n) is 7.25. The molecule has 2 nitrogen and oxygen atoms in total. The average molecular weight is 306 g/mol. The van der Waals surface area contributed by atoms with Crippen LogP contribution >= 0.6 is 11.8 Å². The topological polar surface area (TPSA) is 18.0 Å². The summed E-state index contributed by atoms with van der Waals surface area (Å²) in [7, 11) is 0. The summed E-state index contributed by atoms with van der Waals surface area (Å²) >= 11 is 1.71. The Balaban J connectivity index is 1.83. The highest BCUT2D eigenvalue weighted by Crippen LogP contribution is 2.26. The molecule has 0 atom stereocenters. The summed E-state index contributed by atoms with van der Waals surface area (Å²) in [6.45, 7) is 4.18. The number of pyridine rings is 1. The Hall–Kier alpha value is -2.26. The maximum Gasteiger partial charge on any atom is 0.240 e. The van der Waals surface area contributed by atoms with Gasteiger partial charge in [-0.15, -0.1) is 0 Å². The van der Waals surface area contributed by atoms with Crippen LogP contribution in [0.5, 0.6) is 0 Å². The standard InChI is InChI=1S/C19H18N2S/c1-15-6-10-17(11-7-15)20-21-14-4-3-5-19(21)22-18-12-8-16(2)9-13-18/h3-14H,1-2H3. The van der Waals surface area contributed by atoms with Crippen molar-refractivity contribution in [3.63, 3.8) is 0 Å². The first-order valence-corrected chi connectivity index (χ1v) is 8.06. The highest BCUT2D eigenvalue weighted by molar-refractivity contribution is 7.99. The number of aromatic nitrogens is 1. The maximum atomic E-state index is 4.69. The monoisotopic (exact) mass is 306 g/mol. The van der Waals surface area contributed by atoms with E-state index in [0.29, 0.717) is 0 Å². The Kier molecular flexibility index (Phi) is 4.45. The fourth-order valence-corrected chi connectivity index (χ4v) is 2.90. The van der Waals surface area contributed by atoms with Gasteiger partial charge in [0.1, 0.15) is 0 Å². The molecule has 110 valence electrons. The molecule has 3 rings (SSSR count). The zero-order valence-electron chi connectivity index (χ0n) is 12.7. The van der Waals surface area contributed by atoms with Gasteiger partial charge in [0.05, 0.1) is 0 Å². The number of nitrogens with zero attached hydrogens (tertiary/aromatic N) is 2. The molecule has 0 amide bonds. The molecule has 0 radical (unpaired) electrons. The minimum absolute atomic E-state index is 0.951. The smallest absolute Gasteiger partial charge is 0.240 e. The number of hydrogen-bond donors (Lipinski definition) is 0. The van der Waals surface area contributed by atoms with Crippen LogP contribution in [0, 0.1) is 13.8 Å². The van der Waals surface area contributed by atoms with E-state index in [2.05, 4.69) is 56.3 Å². The predicted octanol–water partition coefficient (Wildman–Crippen LogP) is 5.21. The van der Waals surface area contributed by atoms with E-state index in [4.69, 9.17) is 5.43 Å². The van der Waals surface area contributed by atoms with E-state index in [1.165, 1.54) is 16.0 Å². The van der Waals surface area contributed by atoms with E-state index < -0.39 is 0 Å². The molecule has 0 bridgehead atoms. The quantitative estimate of drug-likeness (QED) is 0.605. The van der Waals surface area contributed by atoms with Crippen LogP contribution in [0.25, 0.3) is 5.43 Å². The number of rotatable bonds is 4. The van der Waals surface area contributed by atoms with Crippen LogP contribution in [0.1, 0.15) is 11.1 Å². The van der Waals surface area contributed by atoms with Crippen LogP contribution in [0.2, 0.25) is 0 Å². The highest BCUT2D eigenvalue weighted by Gasteiger charge is 2.06. The van der Waals surface area contributed by atoms with Crippen LogP contribution in [0.4, 0.5) is 5.69 Å². The van der Waals surface area contributed by atoms with Crippen molar-refractivity contribution >= 4 is 17.4 Å². The van der Waals surface area contributed by atoms with Gasteiger partial charge in [-0.05, 0) is 43.8 Å². The minimum atomic E-state index is 0.951. The van der Waals surface area contributed by atoms with E-state index in [-0.39, 0.29) is 0 Å². The van der Waals surface area contributed by atoms with Crippen LogP contribution in [-0.4, -0.2) is 0 Å². The van der Waals surface area contributed by atoms with Crippen molar-refractivity contribution in [3.8, 4) is 0 Å². The van der Waals surface area contributed by atoms with Gasteiger partial charge in [-0.3, -0.25) is 0 Å². The summed E-state index contributed by atoms with van der Waals surface area (Å²) in [6, 6.07) is 22.9. The zero-order chi connectivity index (χ0) is 15.4. The molecule has 0 spiro atoms. The van der Waals surface area contributed by atoms with Crippen molar-refractivity contribution in [1.82, 2.24) is 0 Å². The van der Waals surface area contributed by atoms with Crippen LogP contribution in [0.15, 0.2) is 82.8 Å². The van der Waals surface area contributed by atoms with Gasteiger partial charge in [-0.1, -0.05) is 53.2 Å². The summed E-state index contributed by atoms with van der Waals surface area (Å²) in [5.74, 6) is 0. The molecule has 1 heterocycles. The summed E-state index contributed by atoms with van der Waals surface area (Å²) in [5.41, 5.74) is 8.16. The second-order valence-corrected chi connectivity index (χ2v) is 6.33. The van der Waals surface area contributed by atoms with Gasteiger partial charge in [-0.2, -0.15) is 0 Å². The van der Waals surface area contributed by atoms with E-state index >= 15 is 0 Å². The maximum absolute atomic E-state index is 4.69. The molecular formula is C19H18N2S. The molecule has 0 saturated carbocycles. The lowest BCUT2D eigenvalue weighted by molar-refractivity contribution is -0.658. The molecule has 3 aromatic rings. The minimum Gasteiger partial charge on any atom is -0.404 e. The highest BCUT2D eigenvalue weighted by atomic mass is 32.2. The molecule has 0 N–H and O–H groups in total. The number of hydrogen-bond acceptors (Lipinski definition) is 1. The first kappa shape index (κ1) is 14.7. The fraction of sp³-hybridized carbons (Fsp3) is 0.105. The Labute approximate surface area is 135 Å². The molecule has 22 heavy (non-hydrogen) atoms. The van der Waals surface area contributed by atoms with E-state index in [1.807, 2.05) is 35.1 Å². The predicted molar refractivity (Wildman–Crippen MR) is 91.5 cm³/mol. The molecule has 0 fully saturated rings. The van der Waals surface area contributed by atoms with Crippen LogP contribution in [0.3, 0.4) is 0 Å². The summed E-state index contributed by atoms with van der Waals surface area (Å²) in [4.78, 5) is 1.21. The van der Waals surface area contributed by atoms with Crippen molar-refractivity contribution in [3.05, 3.63) is 89.5 Å². The Morgan fingerprint density at radius 2 is 1.41 bits per heavy atom. The average Bonchev–Trinajstić information content (AvgIpc) is 2.54. The number of benzene rings is 2. The molecule has 0 aliphatic heterocycles. The van der Waals surface area contributed by atoms with Gasteiger partial charge >= 0.3 is 0 Å². The van der Waals surface area contributed by atoms with Gasteiger partial charge in [0.2, 0.25) is 5.03 Å². The molecule has 0 aliphatic carbocycles. The molecule has 0 saturated heterocycles. The van der Waals surface area contributed by atoms with Gasteiger partial charge in [-0.25, -0.2) is 4.68 Å². The lowest BCUT2D eigenvalue weighted by Crippen LogP contribution is -2.30. The van der Waals surface area contributed by atoms with Crippen LogP contribution in [-0.2, 0) is 0 Å². The second kappa shape index (κ2) is 6.67. The third kappa shape index (κ3) is 3.68. The molecule has 0 aliphatic rings. The first-order chi connectivity index (χ1) is 10.7. The summed E-state index contributed by atoms with van der Waals surface area (Å²) in [6.07, 6.45) is 1.98. The molecule has 0 unspecified atom stereocenters. The number of aryl methyl sites for hydroxylation is 2. The second-order valence-electron chi connectivity index (χ2n) is 5.23. The van der Waals surface area contributed by atoms with E-state index in [0.717, 1.165) is 10.7 Å². The Bertz CT molecular complexity index is 683. The summed E-state index contributed by atoms with van der Waals surface area (Å²) in [5, 5.41) is 1.09. The van der Waals surface area contributed by atoms with Crippen molar-refractivity contribution < 1.29 is 4.68 Å². The third-order valence-electron chi connectivity index (χ3n) is 3.30. The summed E-state index contributed by atoms with van der Waals surface area (Å²) < 4.78 is 1.93. The SMILES string of the molecule is Cc1ccc([N-][n+]2ccccc2Sc2ccc(C)cc2)cc1. The van der Waals surface area contributed by atoms with Gasteiger partial charge < -0.3 is 5.43 Å². The molecule has 3 heteroatoms. The Morgan fingerprint density at radius 3 is 2.09 bits per heavy atom. The van der Waals surface area contributed by atoms with Crippen molar-refractivity contribution in [1.29, 1.82) is 0 Å². The van der Waals surface area contributed by atoms with E-state index in [9.17, 15) is 0 Å². The van der Waals surface area contributed by atoms with E-state index in [1.54, 1.807) is 11.8 Å². The van der Waals surface area contributed by atoms with Crippen molar-refractivity contribution in [2.75, 3.05) is 0 Å². The van der Waals surface area contributed by atoms with Gasteiger partial charge in [0.25, 0.3) is 0 Å². The van der Waals surface area contributed by atoms with Gasteiger partial charge in [0, 0.05) is 17.0 Å². The Morgan fingerprint density at radius 1 is 0.773 bits per heavy atom. The normalized spacial score (nSPS) is 10.5. The molecule has 1 aromatic heterocycles. The zero-order valence-corrected chi connectivity index (χ0v) is 13.5. The van der Waals surface area contributed by atoms with Crippen molar-refractivity contribution in [2.24, 2.45) is 0 Å². The van der Waals surface area contributed by atoms with Crippen molar-refractivity contribution in [2.45, 2.75) is 23.8 Å². The third-order valence-corrected chi connectivity index (χ3v) is 4.34.